The van der Waals surface area contributed by atoms with E-state index < -0.39 is 0 Å². The topological polar surface area (TPSA) is 29.1 Å². The molecule has 0 aliphatic rings. The maximum absolute atomic E-state index is 12.8. The van der Waals surface area contributed by atoms with Crippen molar-refractivity contribution in [3.63, 3.8) is 0 Å². The molecule has 0 fully saturated rings. The minimum atomic E-state index is -0.350. The van der Waals surface area contributed by atoms with Crippen LogP contribution in [-0.4, -0.2) is 5.91 Å². The Labute approximate surface area is 119 Å². The van der Waals surface area contributed by atoms with Gasteiger partial charge >= 0.3 is 0 Å². The van der Waals surface area contributed by atoms with Gasteiger partial charge in [0.25, 0.3) is 5.91 Å². The molecule has 19 heavy (non-hydrogen) atoms. The van der Waals surface area contributed by atoms with Crippen LogP contribution in [0.2, 0.25) is 0 Å². The largest absolute Gasteiger partial charge is 0.346 e. The van der Waals surface area contributed by atoms with E-state index in [-0.39, 0.29) is 17.8 Å². The second-order valence-electron chi connectivity index (χ2n) is 4.25. The van der Waals surface area contributed by atoms with Crippen molar-refractivity contribution in [1.29, 1.82) is 0 Å². The number of hydrogen-bond acceptors (Lipinski definition) is 1. The first kappa shape index (κ1) is 13.7. The number of nitrogens with one attached hydrogen (secondary N) is 1. The van der Waals surface area contributed by atoms with Gasteiger partial charge in [-0.2, -0.15) is 0 Å². The molecule has 1 atom stereocenters. The Morgan fingerprint density at radius 3 is 2.26 bits per heavy atom. The Hall–Kier alpha value is -1.68. The highest BCUT2D eigenvalue weighted by atomic mass is 79.9. The molecular formula is C15H13BrFNO. The lowest BCUT2D eigenvalue weighted by molar-refractivity contribution is 0.0940. The van der Waals surface area contributed by atoms with E-state index >= 15 is 0 Å². The third kappa shape index (κ3) is 3.64. The third-order valence-corrected chi connectivity index (χ3v) is 3.35. The molecule has 0 saturated carbocycles. The molecule has 0 saturated heterocycles. The SMILES string of the molecule is C[C@H](NC(=O)c1ccc(F)cc1)c1ccc(Br)cc1. The summed E-state index contributed by atoms with van der Waals surface area (Å²) in [7, 11) is 0. The second-order valence-corrected chi connectivity index (χ2v) is 5.17. The van der Waals surface area contributed by atoms with Gasteiger partial charge in [-0.15, -0.1) is 0 Å². The lowest BCUT2D eigenvalue weighted by Crippen LogP contribution is -2.26. The monoisotopic (exact) mass is 321 g/mol. The molecule has 1 amide bonds. The van der Waals surface area contributed by atoms with Gasteiger partial charge in [0.15, 0.2) is 0 Å². The summed E-state index contributed by atoms with van der Waals surface area (Å²) in [5, 5.41) is 2.87. The predicted octanol–water partition coefficient (Wildman–Crippen LogP) is 4.08. The summed E-state index contributed by atoms with van der Waals surface area (Å²) in [6.45, 7) is 1.91. The molecule has 0 aromatic heterocycles. The van der Waals surface area contributed by atoms with Gasteiger partial charge in [0.2, 0.25) is 0 Å². The molecule has 0 aliphatic heterocycles. The van der Waals surface area contributed by atoms with Crippen molar-refractivity contribution in [2.75, 3.05) is 0 Å². The van der Waals surface area contributed by atoms with Crippen LogP contribution < -0.4 is 5.32 Å². The number of hydrogen-bond donors (Lipinski definition) is 1. The number of rotatable bonds is 3. The third-order valence-electron chi connectivity index (χ3n) is 2.82. The van der Waals surface area contributed by atoms with Crippen molar-refractivity contribution in [2.45, 2.75) is 13.0 Å². The summed E-state index contributed by atoms with van der Waals surface area (Å²) >= 11 is 3.37. The maximum atomic E-state index is 12.8. The molecule has 0 bridgehead atoms. The summed E-state index contributed by atoms with van der Waals surface area (Å²) in [6, 6.07) is 13.1. The number of benzene rings is 2. The Morgan fingerprint density at radius 2 is 1.68 bits per heavy atom. The zero-order valence-corrected chi connectivity index (χ0v) is 11.9. The van der Waals surface area contributed by atoms with Crippen LogP contribution in [0.25, 0.3) is 0 Å². The van der Waals surface area contributed by atoms with E-state index in [1.54, 1.807) is 0 Å². The first-order valence-corrected chi connectivity index (χ1v) is 6.67. The van der Waals surface area contributed by atoms with Crippen LogP contribution in [0.15, 0.2) is 53.0 Å². The normalized spacial score (nSPS) is 11.9. The van der Waals surface area contributed by atoms with Gasteiger partial charge in [-0.3, -0.25) is 4.79 Å². The molecular weight excluding hydrogens is 309 g/mol. The van der Waals surface area contributed by atoms with Gasteiger partial charge in [0, 0.05) is 10.0 Å². The van der Waals surface area contributed by atoms with Crippen LogP contribution in [0.4, 0.5) is 4.39 Å². The van der Waals surface area contributed by atoms with Gasteiger partial charge in [-0.1, -0.05) is 28.1 Å². The van der Waals surface area contributed by atoms with Crippen LogP contribution in [0.1, 0.15) is 28.9 Å². The van der Waals surface area contributed by atoms with E-state index in [0.717, 1.165) is 10.0 Å². The number of halogens is 2. The number of carbonyl (C=O) groups excluding carboxylic acids is 1. The van der Waals surface area contributed by atoms with Crippen LogP contribution in [0, 0.1) is 5.82 Å². The van der Waals surface area contributed by atoms with Gasteiger partial charge in [-0.25, -0.2) is 4.39 Å². The van der Waals surface area contributed by atoms with E-state index in [4.69, 9.17) is 0 Å². The standard InChI is InChI=1S/C15H13BrFNO/c1-10(11-2-6-13(16)7-3-11)18-15(19)12-4-8-14(17)9-5-12/h2-10H,1H3,(H,18,19)/t10-/m0/s1. The Bertz CT molecular complexity index is 566. The molecule has 2 aromatic carbocycles. The molecule has 0 unspecified atom stereocenters. The zero-order valence-electron chi connectivity index (χ0n) is 10.4. The van der Waals surface area contributed by atoms with E-state index in [1.165, 1.54) is 24.3 Å². The molecule has 0 heterocycles. The highest BCUT2D eigenvalue weighted by Gasteiger charge is 2.11. The minimum absolute atomic E-state index is 0.106. The van der Waals surface area contributed by atoms with Crippen molar-refractivity contribution >= 4 is 21.8 Å². The van der Waals surface area contributed by atoms with Gasteiger partial charge in [0.05, 0.1) is 6.04 Å². The maximum Gasteiger partial charge on any atom is 0.251 e. The minimum Gasteiger partial charge on any atom is -0.346 e. The van der Waals surface area contributed by atoms with Crippen LogP contribution in [0.3, 0.4) is 0 Å². The quantitative estimate of drug-likeness (QED) is 0.906. The van der Waals surface area contributed by atoms with Crippen molar-refractivity contribution in [1.82, 2.24) is 5.32 Å². The summed E-state index contributed by atoms with van der Waals surface area (Å²) < 4.78 is 13.8. The van der Waals surface area contributed by atoms with Crippen molar-refractivity contribution < 1.29 is 9.18 Å². The lowest BCUT2D eigenvalue weighted by Gasteiger charge is -2.14. The second kappa shape index (κ2) is 5.97. The average molecular weight is 322 g/mol. The summed E-state index contributed by atoms with van der Waals surface area (Å²) in [6.07, 6.45) is 0. The van der Waals surface area contributed by atoms with Gasteiger partial charge in [-0.05, 0) is 48.9 Å². The molecule has 2 nitrogen and oxygen atoms in total. The zero-order chi connectivity index (χ0) is 13.8. The van der Waals surface area contributed by atoms with Gasteiger partial charge < -0.3 is 5.32 Å². The van der Waals surface area contributed by atoms with E-state index in [9.17, 15) is 9.18 Å². The smallest absolute Gasteiger partial charge is 0.251 e. The average Bonchev–Trinajstić information content (AvgIpc) is 2.40. The Morgan fingerprint density at radius 1 is 1.11 bits per heavy atom. The summed E-state index contributed by atoms with van der Waals surface area (Å²) in [5.41, 5.74) is 1.46. The number of amides is 1. The first-order chi connectivity index (χ1) is 9.06. The molecule has 98 valence electrons. The van der Waals surface area contributed by atoms with E-state index in [1.807, 2.05) is 31.2 Å². The summed E-state index contributed by atoms with van der Waals surface area (Å²) in [5.74, 6) is -0.562. The van der Waals surface area contributed by atoms with Crippen LogP contribution in [0.5, 0.6) is 0 Å². The Balaban J connectivity index is 2.06. The van der Waals surface area contributed by atoms with Crippen molar-refractivity contribution in [3.05, 3.63) is 69.9 Å². The highest BCUT2D eigenvalue weighted by molar-refractivity contribution is 9.10. The Kier molecular flexibility index (Phi) is 4.32. The van der Waals surface area contributed by atoms with Crippen molar-refractivity contribution in [2.24, 2.45) is 0 Å². The molecule has 4 heteroatoms. The fourth-order valence-electron chi connectivity index (χ4n) is 1.72. The van der Waals surface area contributed by atoms with Crippen LogP contribution >= 0.6 is 15.9 Å². The van der Waals surface area contributed by atoms with E-state index in [0.29, 0.717) is 5.56 Å². The van der Waals surface area contributed by atoms with Crippen LogP contribution in [-0.2, 0) is 0 Å². The molecule has 1 N–H and O–H groups in total. The first-order valence-electron chi connectivity index (χ1n) is 5.88. The molecule has 0 aliphatic carbocycles. The molecule has 0 radical (unpaired) electrons. The number of carbonyl (C=O) groups is 1. The van der Waals surface area contributed by atoms with Crippen molar-refractivity contribution in [3.8, 4) is 0 Å². The molecule has 0 spiro atoms. The predicted molar refractivity (Wildman–Crippen MR) is 76.4 cm³/mol. The van der Waals surface area contributed by atoms with E-state index in [2.05, 4.69) is 21.2 Å². The fraction of sp³-hybridized carbons (Fsp3) is 0.133. The fourth-order valence-corrected chi connectivity index (χ4v) is 1.98. The molecule has 2 rings (SSSR count). The molecule has 2 aromatic rings. The highest BCUT2D eigenvalue weighted by Crippen LogP contribution is 2.17. The van der Waals surface area contributed by atoms with Gasteiger partial charge in [0.1, 0.15) is 5.82 Å². The lowest BCUT2D eigenvalue weighted by atomic mass is 10.1. The summed E-state index contributed by atoms with van der Waals surface area (Å²) in [4.78, 5) is 12.0.